The van der Waals surface area contributed by atoms with Gasteiger partial charge in [0.15, 0.2) is 0 Å². The van der Waals surface area contributed by atoms with Crippen molar-refractivity contribution in [1.29, 1.82) is 0 Å². The standard InChI is InChI=1S/C25H32N4O4/c1-28-21-14-17(4-7-19(21)23(27-28)20-8-9-22(30)26-24(20)31)15-10-12-29(13-11-15)18-5-2-16(3-6-18)25(32)33/h4,7,14-16,18,20H,2-3,5-6,8-13H2,1H3,(H,32,33)(H,26,30,31). The van der Waals surface area contributed by atoms with Gasteiger partial charge in [-0.25, -0.2) is 0 Å². The van der Waals surface area contributed by atoms with Crippen LogP contribution in [-0.2, 0) is 21.4 Å². The van der Waals surface area contributed by atoms with Gasteiger partial charge in [0.05, 0.1) is 23.0 Å². The van der Waals surface area contributed by atoms with Gasteiger partial charge in [0.1, 0.15) is 0 Å². The number of hydrogen-bond donors (Lipinski definition) is 2. The van der Waals surface area contributed by atoms with Gasteiger partial charge in [-0.15, -0.1) is 0 Å². The normalized spacial score (nSPS) is 27.6. The highest BCUT2D eigenvalue weighted by Gasteiger charge is 2.33. The summed E-state index contributed by atoms with van der Waals surface area (Å²) in [6.45, 7) is 2.11. The van der Waals surface area contributed by atoms with Crippen LogP contribution in [0.5, 0.6) is 0 Å². The number of benzene rings is 1. The molecule has 2 aromatic rings. The summed E-state index contributed by atoms with van der Waals surface area (Å²) < 4.78 is 1.86. The lowest BCUT2D eigenvalue weighted by molar-refractivity contribution is -0.143. The Labute approximate surface area is 193 Å². The molecule has 1 aromatic carbocycles. The number of likely N-dealkylation sites (tertiary alicyclic amines) is 1. The van der Waals surface area contributed by atoms with E-state index in [4.69, 9.17) is 0 Å². The van der Waals surface area contributed by atoms with E-state index in [0.717, 1.165) is 68.2 Å². The van der Waals surface area contributed by atoms with E-state index in [1.165, 1.54) is 5.56 Å². The maximum atomic E-state index is 12.4. The maximum absolute atomic E-state index is 12.4. The fraction of sp³-hybridized carbons (Fsp3) is 0.600. The van der Waals surface area contributed by atoms with Gasteiger partial charge in [0, 0.05) is 24.9 Å². The molecule has 3 fully saturated rings. The number of fused-ring (bicyclic) bond motifs is 1. The van der Waals surface area contributed by atoms with E-state index in [1.54, 1.807) is 0 Å². The Morgan fingerprint density at radius 3 is 2.45 bits per heavy atom. The zero-order chi connectivity index (χ0) is 23.1. The van der Waals surface area contributed by atoms with Gasteiger partial charge in [0.2, 0.25) is 11.8 Å². The lowest BCUT2D eigenvalue weighted by atomic mass is 9.83. The van der Waals surface area contributed by atoms with E-state index in [1.807, 2.05) is 11.7 Å². The van der Waals surface area contributed by atoms with Gasteiger partial charge in [-0.3, -0.25) is 24.4 Å². The third-order valence-corrected chi connectivity index (χ3v) is 8.04. The summed E-state index contributed by atoms with van der Waals surface area (Å²) in [7, 11) is 1.91. The van der Waals surface area contributed by atoms with Crippen LogP contribution in [0.4, 0.5) is 0 Å². The van der Waals surface area contributed by atoms with E-state index < -0.39 is 5.97 Å². The van der Waals surface area contributed by atoms with Gasteiger partial charge >= 0.3 is 5.97 Å². The largest absolute Gasteiger partial charge is 0.481 e. The first-order valence-electron chi connectivity index (χ1n) is 12.2. The summed E-state index contributed by atoms with van der Waals surface area (Å²) in [5.41, 5.74) is 3.10. The predicted molar refractivity (Wildman–Crippen MR) is 123 cm³/mol. The topological polar surface area (TPSA) is 105 Å². The average molecular weight is 453 g/mol. The number of aryl methyl sites for hydroxylation is 1. The third-order valence-electron chi connectivity index (χ3n) is 8.04. The molecule has 1 unspecified atom stereocenters. The van der Waals surface area contributed by atoms with E-state index >= 15 is 0 Å². The van der Waals surface area contributed by atoms with Crippen LogP contribution >= 0.6 is 0 Å². The Balaban J connectivity index is 1.26. The fourth-order valence-electron chi connectivity index (χ4n) is 6.05. The van der Waals surface area contributed by atoms with Crippen LogP contribution in [-0.4, -0.2) is 56.7 Å². The van der Waals surface area contributed by atoms with Crippen molar-refractivity contribution in [2.45, 2.75) is 69.2 Å². The Morgan fingerprint density at radius 1 is 1.06 bits per heavy atom. The lowest BCUT2D eigenvalue weighted by Gasteiger charge is -2.40. The van der Waals surface area contributed by atoms with E-state index in [-0.39, 0.29) is 23.7 Å². The van der Waals surface area contributed by atoms with Gasteiger partial charge in [-0.1, -0.05) is 12.1 Å². The number of aliphatic carboxylic acids is 1. The number of carbonyl (C=O) groups excluding carboxylic acids is 2. The van der Waals surface area contributed by atoms with E-state index in [9.17, 15) is 19.5 Å². The molecule has 2 amide bonds. The molecule has 0 bridgehead atoms. The highest BCUT2D eigenvalue weighted by atomic mass is 16.4. The Kier molecular flexibility index (Phi) is 5.95. The van der Waals surface area contributed by atoms with Crippen molar-refractivity contribution in [3.63, 3.8) is 0 Å². The molecule has 33 heavy (non-hydrogen) atoms. The molecule has 2 N–H and O–H groups in total. The Hall–Kier alpha value is -2.74. The molecular formula is C25H32N4O4. The second-order valence-electron chi connectivity index (χ2n) is 9.94. The van der Waals surface area contributed by atoms with Crippen molar-refractivity contribution in [3.05, 3.63) is 29.5 Å². The zero-order valence-corrected chi connectivity index (χ0v) is 19.1. The first kappa shape index (κ1) is 22.1. The molecule has 1 aromatic heterocycles. The van der Waals surface area contributed by atoms with Crippen LogP contribution in [0.15, 0.2) is 18.2 Å². The number of carbonyl (C=O) groups is 3. The molecule has 1 atom stereocenters. The monoisotopic (exact) mass is 452 g/mol. The van der Waals surface area contributed by atoms with Crippen molar-refractivity contribution in [2.24, 2.45) is 13.0 Å². The number of amides is 2. The number of rotatable bonds is 4. The Morgan fingerprint density at radius 2 is 1.79 bits per heavy atom. The maximum Gasteiger partial charge on any atom is 0.306 e. The summed E-state index contributed by atoms with van der Waals surface area (Å²) in [5, 5.41) is 17.3. The molecule has 176 valence electrons. The quantitative estimate of drug-likeness (QED) is 0.691. The van der Waals surface area contributed by atoms with Crippen molar-refractivity contribution >= 4 is 28.7 Å². The average Bonchev–Trinajstić information content (AvgIpc) is 3.15. The fourth-order valence-corrected chi connectivity index (χ4v) is 6.05. The predicted octanol–water partition coefficient (Wildman–Crippen LogP) is 2.92. The number of carboxylic acids is 1. The van der Waals surface area contributed by atoms with Crippen LogP contribution < -0.4 is 5.32 Å². The summed E-state index contributed by atoms with van der Waals surface area (Å²) in [4.78, 5) is 37.7. The lowest BCUT2D eigenvalue weighted by Crippen LogP contribution is -2.43. The summed E-state index contributed by atoms with van der Waals surface area (Å²) in [6, 6.07) is 7.02. The van der Waals surface area contributed by atoms with Crippen molar-refractivity contribution in [3.8, 4) is 0 Å². The van der Waals surface area contributed by atoms with Crippen molar-refractivity contribution in [2.75, 3.05) is 13.1 Å². The molecule has 2 saturated heterocycles. The summed E-state index contributed by atoms with van der Waals surface area (Å²) in [5.74, 6) is -1.14. The van der Waals surface area contributed by atoms with Crippen LogP contribution in [0.3, 0.4) is 0 Å². The number of hydrogen-bond acceptors (Lipinski definition) is 5. The van der Waals surface area contributed by atoms with Crippen LogP contribution in [0.1, 0.15) is 74.5 Å². The second kappa shape index (κ2) is 8.89. The van der Waals surface area contributed by atoms with Gasteiger partial charge < -0.3 is 10.0 Å². The number of imide groups is 1. The first-order chi connectivity index (χ1) is 15.9. The first-order valence-corrected chi connectivity index (χ1v) is 12.2. The highest BCUT2D eigenvalue weighted by Crippen LogP contribution is 2.36. The smallest absolute Gasteiger partial charge is 0.306 e. The molecule has 2 aliphatic heterocycles. The van der Waals surface area contributed by atoms with Crippen molar-refractivity contribution < 1.29 is 19.5 Å². The third kappa shape index (κ3) is 4.28. The number of carboxylic acid groups (broad SMARTS) is 1. The minimum absolute atomic E-state index is 0.158. The van der Waals surface area contributed by atoms with Gasteiger partial charge in [0.25, 0.3) is 0 Å². The summed E-state index contributed by atoms with van der Waals surface area (Å²) in [6.07, 6.45) is 6.63. The highest BCUT2D eigenvalue weighted by molar-refractivity contribution is 6.02. The second-order valence-corrected chi connectivity index (χ2v) is 9.94. The number of piperidine rings is 2. The zero-order valence-electron chi connectivity index (χ0n) is 19.1. The molecule has 1 aliphatic carbocycles. The minimum atomic E-state index is -0.640. The van der Waals surface area contributed by atoms with Crippen LogP contribution in [0, 0.1) is 5.92 Å². The molecule has 0 spiro atoms. The SMILES string of the molecule is Cn1nc(C2CCC(=O)NC2=O)c2ccc(C3CCN(C4CCC(C(=O)O)CC4)CC3)cc21. The molecular weight excluding hydrogens is 420 g/mol. The summed E-state index contributed by atoms with van der Waals surface area (Å²) >= 11 is 0. The number of aromatic nitrogens is 2. The van der Waals surface area contributed by atoms with E-state index in [0.29, 0.717) is 24.8 Å². The molecule has 3 aliphatic rings. The molecule has 8 nitrogen and oxygen atoms in total. The van der Waals surface area contributed by atoms with E-state index in [2.05, 4.69) is 33.5 Å². The molecule has 0 radical (unpaired) electrons. The Bertz CT molecular complexity index is 1080. The van der Waals surface area contributed by atoms with Crippen molar-refractivity contribution in [1.82, 2.24) is 20.0 Å². The van der Waals surface area contributed by atoms with Gasteiger partial charge in [-0.2, -0.15) is 5.10 Å². The number of nitrogens with zero attached hydrogens (tertiary/aromatic N) is 3. The molecule has 3 heterocycles. The minimum Gasteiger partial charge on any atom is -0.481 e. The molecule has 1 saturated carbocycles. The van der Waals surface area contributed by atoms with Gasteiger partial charge in [-0.05, 0) is 75.6 Å². The van der Waals surface area contributed by atoms with Crippen LogP contribution in [0.25, 0.3) is 10.9 Å². The van der Waals surface area contributed by atoms with Crippen LogP contribution in [0.2, 0.25) is 0 Å². The molecule has 8 heteroatoms. The number of nitrogens with one attached hydrogen (secondary N) is 1. The molecule has 5 rings (SSSR count).